The van der Waals surface area contributed by atoms with Gasteiger partial charge in [0.2, 0.25) is 5.91 Å². The molecule has 0 radical (unpaired) electrons. The Morgan fingerprint density at radius 3 is 3.16 bits per heavy atom. The molecule has 2 aromatic rings. The summed E-state index contributed by atoms with van der Waals surface area (Å²) in [6.45, 7) is 3.27. The van der Waals surface area contributed by atoms with E-state index in [1.807, 2.05) is 12.3 Å². The fraction of sp³-hybridized carbons (Fsp3) is 0.308. The van der Waals surface area contributed by atoms with Crippen LogP contribution in [0.1, 0.15) is 17.5 Å². The number of amides is 1. The van der Waals surface area contributed by atoms with E-state index < -0.39 is 0 Å². The second-order valence-corrected chi connectivity index (χ2v) is 5.54. The summed E-state index contributed by atoms with van der Waals surface area (Å²) in [5.41, 5.74) is 2.23. The molecular weight excluding hydrogens is 260 g/mol. The molecule has 0 unspecified atom stereocenters. The van der Waals surface area contributed by atoms with Gasteiger partial charge in [-0.15, -0.1) is 0 Å². The number of aromatic nitrogens is 2. The molecule has 6 heteroatoms. The van der Waals surface area contributed by atoms with Crippen molar-refractivity contribution in [2.75, 3.05) is 16.8 Å². The summed E-state index contributed by atoms with van der Waals surface area (Å²) in [4.78, 5) is 23.2. The third-order valence-electron chi connectivity index (χ3n) is 3.03. The maximum absolute atomic E-state index is 11.0. The van der Waals surface area contributed by atoms with Gasteiger partial charge in [-0.1, -0.05) is 11.3 Å². The summed E-state index contributed by atoms with van der Waals surface area (Å²) in [5.74, 6) is -0.0739. The summed E-state index contributed by atoms with van der Waals surface area (Å²) in [6, 6.07) is 4.01. The van der Waals surface area contributed by atoms with Gasteiger partial charge in [0, 0.05) is 31.0 Å². The maximum Gasteiger partial charge on any atom is 0.223 e. The van der Waals surface area contributed by atoms with Crippen molar-refractivity contribution in [2.24, 2.45) is 0 Å². The standard InChI is InChI=1S/C13H14N4OS/c1-9(18)15-13-16-11-4-6-17(8-12(11)19-13)10-3-2-5-14-7-10/h2-3,5,7H,4,6,8H2,1H3,(H,15,16,18). The predicted octanol–water partition coefficient (Wildman–Crippen LogP) is 2.06. The van der Waals surface area contributed by atoms with E-state index in [0.29, 0.717) is 5.13 Å². The van der Waals surface area contributed by atoms with Gasteiger partial charge in [0.05, 0.1) is 24.1 Å². The van der Waals surface area contributed by atoms with Crippen LogP contribution in [0.25, 0.3) is 0 Å². The second kappa shape index (κ2) is 4.97. The zero-order valence-corrected chi connectivity index (χ0v) is 11.4. The number of hydrogen-bond donors (Lipinski definition) is 1. The molecule has 0 bridgehead atoms. The molecule has 1 aliphatic heterocycles. The average Bonchev–Trinajstić information content (AvgIpc) is 2.79. The maximum atomic E-state index is 11.0. The molecule has 0 atom stereocenters. The van der Waals surface area contributed by atoms with Crippen LogP contribution in [0.4, 0.5) is 10.8 Å². The molecule has 0 fully saturated rings. The Kier molecular flexibility index (Phi) is 3.16. The summed E-state index contributed by atoms with van der Waals surface area (Å²) in [5, 5.41) is 3.45. The van der Waals surface area contributed by atoms with Crippen LogP contribution in [-0.2, 0) is 17.8 Å². The van der Waals surface area contributed by atoms with Gasteiger partial charge >= 0.3 is 0 Å². The Balaban J connectivity index is 1.80. The topological polar surface area (TPSA) is 58.1 Å². The van der Waals surface area contributed by atoms with Gasteiger partial charge in [-0.3, -0.25) is 9.78 Å². The first-order chi connectivity index (χ1) is 9.22. The average molecular weight is 274 g/mol. The Hall–Kier alpha value is -1.95. The minimum absolute atomic E-state index is 0.0739. The van der Waals surface area contributed by atoms with Gasteiger partial charge in [0.15, 0.2) is 5.13 Å². The zero-order valence-electron chi connectivity index (χ0n) is 10.6. The number of anilines is 2. The molecule has 5 nitrogen and oxygen atoms in total. The highest BCUT2D eigenvalue weighted by Crippen LogP contribution is 2.30. The molecule has 0 aromatic carbocycles. The molecular formula is C13H14N4OS. The van der Waals surface area contributed by atoms with E-state index in [4.69, 9.17) is 0 Å². The minimum atomic E-state index is -0.0739. The van der Waals surface area contributed by atoms with Crippen molar-refractivity contribution in [3.63, 3.8) is 0 Å². The van der Waals surface area contributed by atoms with Crippen LogP contribution in [0.2, 0.25) is 0 Å². The highest BCUT2D eigenvalue weighted by atomic mass is 32.1. The molecule has 1 aliphatic rings. The SMILES string of the molecule is CC(=O)Nc1nc2c(s1)CN(c1cccnc1)CC2. The van der Waals surface area contributed by atoms with Crippen molar-refractivity contribution >= 4 is 28.1 Å². The van der Waals surface area contributed by atoms with Crippen LogP contribution in [0, 0.1) is 0 Å². The molecule has 19 heavy (non-hydrogen) atoms. The number of carbonyl (C=O) groups excluding carboxylic acids is 1. The fourth-order valence-electron chi connectivity index (χ4n) is 2.16. The Bertz CT molecular complexity index is 596. The lowest BCUT2D eigenvalue weighted by Crippen LogP contribution is -2.29. The molecule has 0 saturated carbocycles. The van der Waals surface area contributed by atoms with Crippen LogP contribution in [0.15, 0.2) is 24.5 Å². The number of carbonyl (C=O) groups is 1. The summed E-state index contributed by atoms with van der Waals surface area (Å²) in [6.07, 6.45) is 4.56. The molecule has 1 amide bonds. The summed E-state index contributed by atoms with van der Waals surface area (Å²) < 4.78 is 0. The lowest BCUT2D eigenvalue weighted by molar-refractivity contribution is -0.114. The van der Waals surface area contributed by atoms with E-state index in [2.05, 4.69) is 26.3 Å². The predicted molar refractivity (Wildman–Crippen MR) is 75.4 cm³/mol. The number of nitrogens with one attached hydrogen (secondary N) is 1. The van der Waals surface area contributed by atoms with Crippen molar-refractivity contribution in [3.05, 3.63) is 35.1 Å². The monoisotopic (exact) mass is 274 g/mol. The lowest BCUT2D eigenvalue weighted by atomic mass is 10.1. The van der Waals surface area contributed by atoms with E-state index in [1.54, 1.807) is 17.5 Å². The van der Waals surface area contributed by atoms with Gasteiger partial charge in [0.25, 0.3) is 0 Å². The van der Waals surface area contributed by atoms with Crippen molar-refractivity contribution < 1.29 is 4.79 Å². The van der Waals surface area contributed by atoms with Gasteiger partial charge in [-0.05, 0) is 12.1 Å². The first kappa shape index (κ1) is 12.1. The molecule has 0 aliphatic carbocycles. The van der Waals surface area contributed by atoms with E-state index >= 15 is 0 Å². The third kappa shape index (κ3) is 2.58. The number of nitrogens with zero attached hydrogens (tertiary/aromatic N) is 3. The molecule has 1 N–H and O–H groups in total. The van der Waals surface area contributed by atoms with Crippen molar-refractivity contribution in [3.8, 4) is 0 Å². The molecule has 3 heterocycles. The number of hydrogen-bond acceptors (Lipinski definition) is 5. The zero-order chi connectivity index (χ0) is 13.2. The molecule has 2 aromatic heterocycles. The summed E-state index contributed by atoms with van der Waals surface area (Å²) in [7, 11) is 0. The van der Waals surface area contributed by atoms with E-state index in [0.717, 1.165) is 30.9 Å². The van der Waals surface area contributed by atoms with Crippen molar-refractivity contribution in [2.45, 2.75) is 19.9 Å². The van der Waals surface area contributed by atoms with Crippen molar-refractivity contribution in [1.29, 1.82) is 0 Å². The van der Waals surface area contributed by atoms with Gasteiger partial charge in [0.1, 0.15) is 0 Å². The normalized spacial score (nSPS) is 14.1. The van der Waals surface area contributed by atoms with Crippen LogP contribution < -0.4 is 10.2 Å². The Labute approximate surface area is 115 Å². The number of rotatable bonds is 2. The minimum Gasteiger partial charge on any atom is -0.365 e. The first-order valence-corrected chi connectivity index (χ1v) is 6.95. The smallest absolute Gasteiger partial charge is 0.223 e. The Morgan fingerprint density at radius 2 is 2.42 bits per heavy atom. The van der Waals surface area contributed by atoms with Gasteiger partial charge in [-0.25, -0.2) is 4.98 Å². The van der Waals surface area contributed by atoms with Crippen LogP contribution in [0.5, 0.6) is 0 Å². The van der Waals surface area contributed by atoms with Gasteiger partial charge in [-0.2, -0.15) is 0 Å². The highest BCUT2D eigenvalue weighted by molar-refractivity contribution is 7.15. The van der Waals surface area contributed by atoms with Crippen LogP contribution in [-0.4, -0.2) is 22.4 Å². The van der Waals surface area contributed by atoms with Crippen molar-refractivity contribution in [1.82, 2.24) is 9.97 Å². The van der Waals surface area contributed by atoms with E-state index in [-0.39, 0.29) is 5.91 Å². The first-order valence-electron chi connectivity index (χ1n) is 6.13. The number of thiazole rings is 1. The third-order valence-corrected chi connectivity index (χ3v) is 4.02. The van der Waals surface area contributed by atoms with Gasteiger partial charge < -0.3 is 10.2 Å². The number of pyridine rings is 1. The van der Waals surface area contributed by atoms with E-state index in [1.165, 1.54) is 11.8 Å². The molecule has 98 valence electrons. The fourth-order valence-corrected chi connectivity index (χ4v) is 3.23. The lowest BCUT2D eigenvalue weighted by Gasteiger charge is -2.27. The highest BCUT2D eigenvalue weighted by Gasteiger charge is 2.21. The largest absolute Gasteiger partial charge is 0.365 e. The second-order valence-electron chi connectivity index (χ2n) is 4.45. The molecule has 3 rings (SSSR count). The Morgan fingerprint density at radius 1 is 1.53 bits per heavy atom. The quantitative estimate of drug-likeness (QED) is 0.910. The molecule has 0 spiro atoms. The van der Waals surface area contributed by atoms with Crippen LogP contribution >= 0.6 is 11.3 Å². The van der Waals surface area contributed by atoms with Crippen LogP contribution in [0.3, 0.4) is 0 Å². The van der Waals surface area contributed by atoms with E-state index in [9.17, 15) is 4.79 Å². The molecule has 0 saturated heterocycles. The number of fused-ring (bicyclic) bond motifs is 1. The summed E-state index contributed by atoms with van der Waals surface area (Å²) >= 11 is 1.56.